The van der Waals surface area contributed by atoms with Gasteiger partial charge in [-0.1, -0.05) is 344 Å². The fraction of sp³-hybridized carbons (Fsp3) is 0.948. The number of phosphoric ester groups is 2. The second kappa shape index (κ2) is 67.5. The molecule has 570 valence electrons. The van der Waals surface area contributed by atoms with Gasteiger partial charge in [-0.25, -0.2) is 9.13 Å². The number of phosphoric acid groups is 2. The number of hydrogen-bond acceptors (Lipinski definition) is 15. The van der Waals surface area contributed by atoms with E-state index in [0.29, 0.717) is 25.7 Å². The van der Waals surface area contributed by atoms with Gasteiger partial charge in [0.05, 0.1) is 26.4 Å². The van der Waals surface area contributed by atoms with Crippen molar-refractivity contribution >= 4 is 39.5 Å². The third-order valence-corrected chi connectivity index (χ3v) is 20.5. The summed E-state index contributed by atoms with van der Waals surface area (Å²) in [5.41, 5.74) is 0. The number of aliphatic hydroxyl groups excluding tert-OH is 1. The first kappa shape index (κ1) is 94.1. The van der Waals surface area contributed by atoms with Crippen molar-refractivity contribution in [2.24, 2.45) is 17.8 Å². The minimum atomic E-state index is -4.96. The number of hydrogen-bond donors (Lipinski definition) is 3. The van der Waals surface area contributed by atoms with Gasteiger partial charge in [0.2, 0.25) is 0 Å². The fourth-order valence-corrected chi connectivity index (χ4v) is 13.3. The van der Waals surface area contributed by atoms with Gasteiger partial charge in [-0.15, -0.1) is 0 Å². The van der Waals surface area contributed by atoms with Gasteiger partial charge in [0.15, 0.2) is 12.2 Å². The third-order valence-electron chi connectivity index (χ3n) is 18.6. The molecule has 0 bridgehead atoms. The Bertz CT molecular complexity index is 1870. The quantitative estimate of drug-likeness (QED) is 0.0222. The highest BCUT2D eigenvalue weighted by Crippen LogP contribution is 2.45. The molecule has 0 aliphatic carbocycles. The van der Waals surface area contributed by atoms with E-state index in [1.165, 1.54) is 199 Å². The SMILES string of the molecule is CCCCCCCCCCCCCCCCCCCCCCC(=O)O[C@H](COC(=O)CCCCCCCCCCCCC(C)CC)COP(=O)(O)OC[C@@H](O)COP(=O)(O)OC[C@@H](COC(=O)CCCCCCCCC(C)CC)OC(=O)CCCCCCCCCCCC(C)C. The monoisotopic (exact) mass is 1410 g/mol. The zero-order valence-corrected chi connectivity index (χ0v) is 64.6. The molecule has 17 nitrogen and oxygen atoms in total. The van der Waals surface area contributed by atoms with Gasteiger partial charge in [-0.2, -0.15) is 0 Å². The lowest BCUT2D eigenvalue weighted by Crippen LogP contribution is -2.30. The highest BCUT2D eigenvalue weighted by atomic mass is 31.2. The Morgan fingerprint density at radius 3 is 0.792 bits per heavy atom. The molecule has 0 amide bonds. The summed E-state index contributed by atoms with van der Waals surface area (Å²) in [6, 6.07) is 0. The number of carbonyl (C=O) groups excluding carboxylic acids is 4. The van der Waals surface area contributed by atoms with E-state index in [9.17, 15) is 43.2 Å². The maximum atomic E-state index is 13.1. The van der Waals surface area contributed by atoms with Gasteiger partial charge in [0, 0.05) is 25.7 Å². The lowest BCUT2D eigenvalue weighted by Gasteiger charge is -2.21. The van der Waals surface area contributed by atoms with Crippen LogP contribution in [0.3, 0.4) is 0 Å². The summed E-state index contributed by atoms with van der Waals surface area (Å²) in [5.74, 6) is 0.157. The molecule has 0 heterocycles. The van der Waals surface area contributed by atoms with Crippen LogP contribution in [0.5, 0.6) is 0 Å². The van der Waals surface area contributed by atoms with Crippen molar-refractivity contribution in [1.29, 1.82) is 0 Å². The topological polar surface area (TPSA) is 237 Å². The Hall–Kier alpha value is -1.94. The largest absolute Gasteiger partial charge is 0.472 e. The summed E-state index contributed by atoms with van der Waals surface area (Å²) in [4.78, 5) is 72.8. The summed E-state index contributed by atoms with van der Waals surface area (Å²) < 4.78 is 68.5. The number of rotatable bonds is 75. The van der Waals surface area contributed by atoms with Crippen LogP contribution in [0, 0.1) is 17.8 Å². The molecule has 0 aromatic carbocycles. The molecule has 0 aromatic rings. The molecule has 0 aliphatic heterocycles. The summed E-state index contributed by atoms with van der Waals surface area (Å²) in [6.07, 6.45) is 54.2. The molecule has 7 atom stereocenters. The predicted octanol–water partition coefficient (Wildman–Crippen LogP) is 22.6. The standard InChI is InChI=1S/C77H150O17P2/c1-8-11-12-13-14-15-16-17-18-19-20-21-22-23-24-25-32-37-46-53-60-76(81)93-72(64-87-74(79)58-51-44-36-31-27-26-30-35-42-49-56-69(6)9-2)66-91-95(83,84)89-62-71(78)63-90-96(85,86)92-67-73(65-88-75(80)59-52-45-40-39-43-50-57-70(7)10-3)94-77(82)61-54-47-38-33-28-29-34-41-48-55-68(4)5/h68-73,78H,8-67H2,1-7H3,(H,83,84)(H,85,86)/t69?,70?,71-,72-,73-/m1/s1. The molecule has 0 rings (SSSR count). The van der Waals surface area contributed by atoms with Gasteiger partial charge < -0.3 is 33.8 Å². The summed E-state index contributed by atoms with van der Waals surface area (Å²) in [7, 11) is -9.91. The smallest absolute Gasteiger partial charge is 0.462 e. The first-order valence-corrected chi connectivity index (χ1v) is 42.9. The number of esters is 4. The van der Waals surface area contributed by atoms with E-state index in [2.05, 4.69) is 48.5 Å². The van der Waals surface area contributed by atoms with Crippen molar-refractivity contribution in [3.05, 3.63) is 0 Å². The minimum absolute atomic E-state index is 0.104. The van der Waals surface area contributed by atoms with Crippen molar-refractivity contribution in [1.82, 2.24) is 0 Å². The molecular weight excluding hydrogens is 1260 g/mol. The van der Waals surface area contributed by atoms with Gasteiger partial charge >= 0.3 is 39.5 Å². The number of carbonyl (C=O) groups is 4. The lowest BCUT2D eigenvalue weighted by molar-refractivity contribution is -0.161. The van der Waals surface area contributed by atoms with Gasteiger partial charge in [0.25, 0.3) is 0 Å². The van der Waals surface area contributed by atoms with E-state index >= 15 is 0 Å². The summed E-state index contributed by atoms with van der Waals surface area (Å²) in [5, 5.41) is 10.6. The van der Waals surface area contributed by atoms with Crippen molar-refractivity contribution in [2.45, 2.75) is 414 Å². The van der Waals surface area contributed by atoms with Gasteiger partial charge in [-0.05, 0) is 43.4 Å². The van der Waals surface area contributed by atoms with E-state index in [1.54, 1.807) is 0 Å². The number of unbranched alkanes of at least 4 members (excludes halogenated alkanes) is 41. The lowest BCUT2D eigenvalue weighted by atomic mass is 9.99. The van der Waals surface area contributed by atoms with E-state index < -0.39 is 97.5 Å². The maximum absolute atomic E-state index is 13.1. The van der Waals surface area contributed by atoms with Crippen LogP contribution in [0.15, 0.2) is 0 Å². The molecule has 0 saturated heterocycles. The van der Waals surface area contributed by atoms with Crippen LogP contribution < -0.4 is 0 Å². The Kier molecular flexibility index (Phi) is 66.2. The molecule has 4 unspecified atom stereocenters. The van der Waals surface area contributed by atoms with Crippen LogP contribution in [0.1, 0.15) is 395 Å². The van der Waals surface area contributed by atoms with E-state index in [-0.39, 0.29) is 25.7 Å². The Balaban J connectivity index is 5.23. The molecular formula is C77H150O17P2. The maximum Gasteiger partial charge on any atom is 0.472 e. The van der Waals surface area contributed by atoms with Gasteiger partial charge in [-0.3, -0.25) is 37.3 Å². The van der Waals surface area contributed by atoms with Gasteiger partial charge in [0.1, 0.15) is 19.3 Å². The Morgan fingerprint density at radius 1 is 0.302 bits per heavy atom. The van der Waals surface area contributed by atoms with Crippen molar-refractivity contribution < 1.29 is 80.2 Å². The first-order valence-electron chi connectivity index (χ1n) is 39.9. The van der Waals surface area contributed by atoms with E-state index in [0.717, 1.165) is 114 Å². The van der Waals surface area contributed by atoms with Crippen LogP contribution in [0.25, 0.3) is 0 Å². The highest BCUT2D eigenvalue weighted by Gasteiger charge is 2.30. The molecule has 19 heteroatoms. The van der Waals surface area contributed by atoms with E-state index in [4.69, 9.17) is 37.0 Å². The molecule has 96 heavy (non-hydrogen) atoms. The molecule has 0 radical (unpaired) electrons. The predicted molar refractivity (Wildman–Crippen MR) is 391 cm³/mol. The van der Waals surface area contributed by atoms with E-state index in [1.807, 2.05) is 0 Å². The van der Waals surface area contributed by atoms with Crippen LogP contribution in [-0.2, 0) is 65.4 Å². The second-order valence-corrected chi connectivity index (χ2v) is 31.6. The number of ether oxygens (including phenoxy) is 4. The number of aliphatic hydroxyl groups is 1. The highest BCUT2D eigenvalue weighted by molar-refractivity contribution is 7.47. The van der Waals surface area contributed by atoms with Crippen molar-refractivity contribution in [3.63, 3.8) is 0 Å². The molecule has 0 spiro atoms. The zero-order valence-electron chi connectivity index (χ0n) is 62.8. The van der Waals surface area contributed by atoms with Crippen molar-refractivity contribution in [2.75, 3.05) is 39.6 Å². The van der Waals surface area contributed by atoms with Crippen LogP contribution in [0.2, 0.25) is 0 Å². The first-order chi connectivity index (χ1) is 46.3. The third kappa shape index (κ3) is 67.9. The Labute approximate surface area is 588 Å². The van der Waals surface area contributed by atoms with Crippen LogP contribution >= 0.6 is 15.6 Å². The van der Waals surface area contributed by atoms with Crippen molar-refractivity contribution in [3.8, 4) is 0 Å². The molecule has 3 N–H and O–H groups in total. The second-order valence-electron chi connectivity index (χ2n) is 28.7. The fourth-order valence-electron chi connectivity index (χ4n) is 11.7. The van der Waals surface area contributed by atoms with Crippen LogP contribution in [-0.4, -0.2) is 96.7 Å². The minimum Gasteiger partial charge on any atom is -0.462 e. The average Bonchev–Trinajstić information content (AvgIpc) is 3.47. The summed E-state index contributed by atoms with van der Waals surface area (Å²) in [6.45, 7) is 11.9. The average molecular weight is 1410 g/mol. The molecule has 0 saturated carbocycles. The normalized spacial score (nSPS) is 14.6. The summed E-state index contributed by atoms with van der Waals surface area (Å²) >= 11 is 0. The molecule has 0 aliphatic rings. The zero-order chi connectivity index (χ0) is 70.9. The molecule has 0 fully saturated rings. The molecule has 0 aromatic heterocycles. The van der Waals surface area contributed by atoms with Crippen LogP contribution in [0.4, 0.5) is 0 Å². The Morgan fingerprint density at radius 2 is 0.531 bits per heavy atom.